The van der Waals surface area contributed by atoms with Crippen molar-refractivity contribution in [1.29, 1.82) is 0 Å². The fourth-order valence-corrected chi connectivity index (χ4v) is 1.06. The van der Waals surface area contributed by atoms with Crippen molar-refractivity contribution in [2.45, 2.75) is 6.32 Å². The molecule has 0 spiro atoms. The quantitative estimate of drug-likeness (QED) is 0.498. The van der Waals surface area contributed by atoms with Gasteiger partial charge in [0.25, 0.3) is 0 Å². The van der Waals surface area contributed by atoms with Crippen molar-refractivity contribution in [3.05, 3.63) is 35.4 Å². The third kappa shape index (κ3) is 5.31. The molecule has 1 aromatic rings. The Balaban J connectivity index is 0.00000169. The van der Waals surface area contributed by atoms with E-state index in [4.69, 9.17) is 0 Å². The van der Waals surface area contributed by atoms with Gasteiger partial charge in [0.05, 0.1) is 0 Å². The summed E-state index contributed by atoms with van der Waals surface area (Å²) in [6, 6.07) is 5.53. The van der Waals surface area contributed by atoms with Crippen LogP contribution in [0, 0.1) is 0 Å². The summed E-state index contributed by atoms with van der Waals surface area (Å²) in [4.78, 5) is 10.2. The van der Waals surface area contributed by atoms with E-state index >= 15 is 0 Å². The zero-order valence-electron chi connectivity index (χ0n) is 7.71. The van der Waals surface area contributed by atoms with Gasteiger partial charge in [-0.25, -0.2) is 0 Å². The van der Waals surface area contributed by atoms with E-state index in [2.05, 4.69) is 0 Å². The molecule has 0 aliphatic rings. The van der Waals surface area contributed by atoms with E-state index in [1.165, 1.54) is 24.3 Å². The Morgan fingerprint density at radius 1 is 1.29 bits per heavy atom. The molecule has 0 fully saturated rings. The van der Waals surface area contributed by atoms with Gasteiger partial charge >= 0.3 is 58.4 Å². The Morgan fingerprint density at radius 2 is 1.93 bits per heavy atom. The first-order chi connectivity index (χ1) is 6.01. The number of carbonyl (C=O) groups is 1. The summed E-state index contributed by atoms with van der Waals surface area (Å²) in [5.74, 6) is 0. The molecule has 0 radical (unpaired) electrons. The molecule has 0 saturated carbocycles. The largest absolute Gasteiger partial charge is 1.00 e. The van der Waals surface area contributed by atoms with Crippen LogP contribution >= 0.6 is 0 Å². The number of benzene rings is 1. The van der Waals surface area contributed by atoms with Crippen LogP contribution in [0.2, 0.25) is 0 Å². The number of aldehydes is 1. The summed E-state index contributed by atoms with van der Waals surface area (Å²) < 4.78 is 35.9. The number of rotatable bonds is 3. The molecule has 0 aliphatic heterocycles. The minimum absolute atomic E-state index is 0. The zero-order chi connectivity index (χ0) is 9.90. The van der Waals surface area contributed by atoms with Crippen LogP contribution in [0.1, 0.15) is 15.9 Å². The van der Waals surface area contributed by atoms with Crippen molar-refractivity contribution < 1.29 is 69.1 Å². The maximum absolute atomic E-state index is 12.0. The first-order valence-corrected chi connectivity index (χ1v) is 3.76. The van der Waals surface area contributed by atoms with Crippen LogP contribution in [-0.4, -0.2) is 13.3 Å². The monoisotopic (exact) mass is 226 g/mol. The van der Waals surface area contributed by atoms with Crippen LogP contribution in [0.5, 0.6) is 0 Å². The number of carbonyl (C=O) groups excluding carboxylic acids is 1. The molecule has 0 aliphatic carbocycles. The van der Waals surface area contributed by atoms with Gasteiger partial charge in [-0.15, -0.1) is 0 Å². The Bertz CT molecular complexity index is 314. The second kappa shape index (κ2) is 6.07. The van der Waals surface area contributed by atoms with E-state index in [-0.39, 0.29) is 62.5 Å². The normalized spacial score (nSPS) is 10.5. The Kier molecular flexibility index (Phi) is 6.24. The van der Waals surface area contributed by atoms with Crippen LogP contribution in [-0.2, 0) is 6.32 Å². The number of hydrogen-bond acceptors (Lipinski definition) is 1. The molecule has 14 heavy (non-hydrogen) atoms. The van der Waals surface area contributed by atoms with Gasteiger partial charge in [-0.2, -0.15) is 0 Å². The molecular weight excluding hydrogens is 219 g/mol. The fraction of sp³-hybridized carbons (Fsp3) is 0.125. The molecule has 0 atom stereocenters. The van der Waals surface area contributed by atoms with Gasteiger partial charge in [0.1, 0.15) is 6.29 Å². The van der Waals surface area contributed by atoms with E-state index in [0.717, 1.165) is 0 Å². The van der Waals surface area contributed by atoms with E-state index in [1.54, 1.807) is 0 Å². The average Bonchev–Trinajstić information content (AvgIpc) is 2.01. The van der Waals surface area contributed by atoms with Gasteiger partial charge < -0.3 is 12.9 Å². The summed E-state index contributed by atoms with van der Waals surface area (Å²) in [6.45, 7) is -4.82. The van der Waals surface area contributed by atoms with Gasteiger partial charge in [-0.05, 0) is 0 Å². The molecule has 6 heteroatoms. The first-order valence-electron chi connectivity index (χ1n) is 3.76. The summed E-state index contributed by atoms with van der Waals surface area (Å²) in [5, 5.41) is 0. The van der Waals surface area contributed by atoms with Gasteiger partial charge in [-0.3, -0.25) is 4.79 Å². The van der Waals surface area contributed by atoms with Gasteiger partial charge in [0, 0.05) is 5.56 Å². The average molecular weight is 226 g/mol. The van der Waals surface area contributed by atoms with Crippen LogP contribution < -0.4 is 51.4 Å². The molecule has 70 valence electrons. The van der Waals surface area contributed by atoms with Crippen LogP contribution in [0.4, 0.5) is 12.9 Å². The molecule has 0 aromatic heterocycles. The molecular formula is C8H7BF3KO. The van der Waals surface area contributed by atoms with Gasteiger partial charge in [0.2, 0.25) is 0 Å². The molecule has 1 rings (SSSR count). The predicted molar refractivity (Wildman–Crippen MR) is 44.6 cm³/mol. The van der Waals surface area contributed by atoms with E-state index in [0.29, 0.717) is 6.29 Å². The molecule has 0 saturated heterocycles. The van der Waals surface area contributed by atoms with Crippen LogP contribution in [0.15, 0.2) is 24.3 Å². The molecule has 0 amide bonds. The van der Waals surface area contributed by atoms with Gasteiger partial charge in [0.15, 0.2) is 0 Å². The van der Waals surface area contributed by atoms with E-state index in [1.807, 2.05) is 0 Å². The maximum atomic E-state index is 12.0. The van der Waals surface area contributed by atoms with Crippen LogP contribution in [0.25, 0.3) is 0 Å². The van der Waals surface area contributed by atoms with Crippen molar-refractivity contribution in [1.82, 2.24) is 0 Å². The van der Waals surface area contributed by atoms with Crippen molar-refractivity contribution >= 4 is 13.3 Å². The maximum Gasteiger partial charge on any atom is 1.00 e. The molecule has 0 bridgehead atoms. The smallest absolute Gasteiger partial charge is 0.449 e. The van der Waals surface area contributed by atoms with Crippen molar-refractivity contribution in [3.8, 4) is 0 Å². The standard InChI is InChI=1S/C8H7BF3O.K/c10-9(11,12)5-7-2-1-3-8(4-7)6-13;/h1-4,6H,5H2;/q-1;+1. The fourth-order valence-electron chi connectivity index (χ4n) is 1.06. The number of halogens is 3. The predicted octanol–water partition coefficient (Wildman–Crippen LogP) is -0.568. The Morgan fingerprint density at radius 3 is 2.43 bits per heavy atom. The zero-order valence-corrected chi connectivity index (χ0v) is 10.8. The number of hydrogen-bond donors (Lipinski definition) is 0. The van der Waals surface area contributed by atoms with Crippen molar-refractivity contribution in [2.75, 3.05) is 0 Å². The summed E-state index contributed by atoms with van der Waals surface area (Å²) >= 11 is 0. The second-order valence-electron chi connectivity index (χ2n) is 2.78. The Labute approximate surface area is 123 Å². The topological polar surface area (TPSA) is 17.1 Å². The van der Waals surface area contributed by atoms with Crippen molar-refractivity contribution in [3.63, 3.8) is 0 Å². The minimum Gasteiger partial charge on any atom is -0.449 e. The molecule has 1 aromatic carbocycles. The third-order valence-electron chi connectivity index (χ3n) is 1.55. The second-order valence-corrected chi connectivity index (χ2v) is 2.78. The molecule has 1 nitrogen and oxygen atoms in total. The summed E-state index contributed by atoms with van der Waals surface area (Å²) in [5.41, 5.74) is 0.412. The minimum atomic E-state index is -4.82. The molecule has 0 N–H and O–H groups in total. The third-order valence-corrected chi connectivity index (χ3v) is 1.55. The van der Waals surface area contributed by atoms with E-state index < -0.39 is 13.3 Å². The molecule has 0 heterocycles. The van der Waals surface area contributed by atoms with Crippen LogP contribution in [0.3, 0.4) is 0 Å². The van der Waals surface area contributed by atoms with Crippen molar-refractivity contribution in [2.24, 2.45) is 0 Å². The summed E-state index contributed by atoms with van der Waals surface area (Å²) in [7, 11) is 0. The SMILES string of the molecule is O=Cc1cccc(C[B-](F)(F)F)c1.[K+]. The van der Waals surface area contributed by atoms with Gasteiger partial charge in [-0.1, -0.05) is 36.1 Å². The van der Waals surface area contributed by atoms with E-state index in [9.17, 15) is 17.7 Å². The summed E-state index contributed by atoms with van der Waals surface area (Å²) in [6.07, 6.45) is -0.394. The Hall–Kier alpha value is 0.381. The molecule has 0 unspecified atom stereocenters. The first kappa shape index (κ1) is 14.4.